The summed E-state index contributed by atoms with van der Waals surface area (Å²) in [5, 5.41) is 4.31. The van der Waals surface area contributed by atoms with Gasteiger partial charge in [0.25, 0.3) is 0 Å². The first-order chi connectivity index (χ1) is 23.3. The van der Waals surface area contributed by atoms with Gasteiger partial charge >= 0.3 is 0 Å². The average molecular weight is 602 g/mol. The average Bonchev–Trinajstić information content (AvgIpc) is 3.54. The fourth-order valence-corrected chi connectivity index (χ4v) is 6.42. The Morgan fingerprint density at radius 2 is 0.915 bits per heavy atom. The van der Waals surface area contributed by atoms with Crippen LogP contribution in [0.1, 0.15) is 0 Å². The molecule has 4 heteroatoms. The number of benzene rings is 7. The van der Waals surface area contributed by atoms with Gasteiger partial charge in [-0.1, -0.05) is 146 Å². The summed E-state index contributed by atoms with van der Waals surface area (Å²) in [4.78, 5) is 15.2. The molecule has 0 aliphatic heterocycles. The lowest BCUT2D eigenvalue weighted by Crippen LogP contribution is -2.00. The summed E-state index contributed by atoms with van der Waals surface area (Å²) in [7, 11) is 0. The number of hydrogen-bond acceptors (Lipinski definition) is 4. The van der Waals surface area contributed by atoms with Gasteiger partial charge < -0.3 is 4.42 Å². The van der Waals surface area contributed by atoms with E-state index in [9.17, 15) is 0 Å². The Balaban J connectivity index is 1.23. The second kappa shape index (κ2) is 11.2. The fourth-order valence-electron chi connectivity index (χ4n) is 6.42. The van der Waals surface area contributed by atoms with Crippen LogP contribution in [-0.2, 0) is 0 Å². The number of para-hydroxylation sites is 1. The maximum absolute atomic E-state index is 6.55. The molecule has 220 valence electrons. The maximum atomic E-state index is 6.55. The molecule has 0 radical (unpaired) electrons. The molecule has 0 unspecified atom stereocenters. The van der Waals surface area contributed by atoms with Crippen molar-refractivity contribution >= 4 is 32.7 Å². The second-order valence-electron chi connectivity index (χ2n) is 11.6. The van der Waals surface area contributed by atoms with Gasteiger partial charge in [0.05, 0.1) is 0 Å². The van der Waals surface area contributed by atoms with E-state index in [1.165, 1.54) is 11.1 Å². The Morgan fingerprint density at radius 3 is 1.64 bits per heavy atom. The topological polar surface area (TPSA) is 51.8 Å². The SMILES string of the molecule is c1ccc(-c2ccc3cc(-c4nc(-c5ccccc5)nc(-c5cccc6oc7c(-c8ccccc8)cccc7c56)n4)ccc3c2)cc1. The monoisotopic (exact) mass is 601 g/mol. The third kappa shape index (κ3) is 4.84. The van der Waals surface area contributed by atoms with E-state index in [4.69, 9.17) is 19.4 Å². The smallest absolute Gasteiger partial charge is 0.164 e. The van der Waals surface area contributed by atoms with E-state index < -0.39 is 0 Å². The summed E-state index contributed by atoms with van der Waals surface area (Å²) in [5.41, 5.74) is 8.97. The van der Waals surface area contributed by atoms with E-state index in [0.717, 1.165) is 60.5 Å². The van der Waals surface area contributed by atoms with Crippen molar-refractivity contribution in [3.8, 4) is 56.4 Å². The van der Waals surface area contributed by atoms with Crippen LogP contribution in [0.25, 0.3) is 89.1 Å². The highest BCUT2D eigenvalue weighted by molar-refractivity contribution is 6.15. The molecule has 0 atom stereocenters. The molecule has 0 bridgehead atoms. The van der Waals surface area contributed by atoms with Crippen LogP contribution >= 0.6 is 0 Å². The number of nitrogens with zero attached hydrogens (tertiary/aromatic N) is 3. The van der Waals surface area contributed by atoms with Gasteiger partial charge in [-0.3, -0.25) is 0 Å². The number of hydrogen-bond donors (Lipinski definition) is 0. The van der Waals surface area contributed by atoms with E-state index in [2.05, 4.69) is 109 Å². The van der Waals surface area contributed by atoms with E-state index in [1.807, 2.05) is 54.6 Å². The summed E-state index contributed by atoms with van der Waals surface area (Å²) in [6.07, 6.45) is 0. The number of rotatable bonds is 5. The predicted octanol–water partition coefficient (Wildman–Crippen LogP) is 11.3. The number of aromatic nitrogens is 3. The summed E-state index contributed by atoms with van der Waals surface area (Å²) in [6.45, 7) is 0. The van der Waals surface area contributed by atoms with Crippen molar-refractivity contribution in [2.24, 2.45) is 0 Å². The second-order valence-corrected chi connectivity index (χ2v) is 11.6. The van der Waals surface area contributed by atoms with Crippen molar-refractivity contribution in [3.63, 3.8) is 0 Å². The van der Waals surface area contributed by atoms with E-state index in [-0.39, 0.29) is 0 Å². The summed E-state index contributed by atoms with van der Waals surface area (Å²) in [5.74, 6) is 1.85. The van der Waals surface area contributed by atoms with Crippen LogP contribution in [0, 0.1) is 0 Å². The molecule has 9 aromatic rings. The number of fused-ring (bicyclic) bond motifs is 4. The molecule has 0 amide bonds. The van der Waals surface area contributed by atoms with Crippen LogP contribution in [0.4, 0.5) is 0 Å². The van der Waals surface area contributed by atoms with Crippen molar-refractivity contribution in [2.75, 3.05) is 0 Å². The molecule has 0 N–H and O–H groups in total. The van der Waals surface area contributed by atoms with E-state index in [1.54, 1.807) is 0 Å². The molecule has 2 heterocycles. The molecule has 0 saturated heterocycles. The minimum atomic E-state index is 0.604. The van der Waals surface area contributed by atoms with Crippen molar-refractivity contribution in [3.05, 3.63) is 164 Å². The van der Waals surface area contributed by atoms with Gasteiger partial charge in [0.15, 0.2) is 17.5 Å². The zero-order valence-electron chi connectivity index (χ0n) is 25.3. The molecule has 0 fully saturated rings. The Labute approximate surface area is 271 Å². The molecule has 0 saturated carbocycles. The third-order valence-electron chi connectivity index (χ3n) is 8.72. The molecular weight excluding hydrogens is 574 g/mol. The molecule has 0 aliphatic carbocycles. The van der Waals surface area contributed by atoms with Crippen molar-refractivity contribution < 1.29 is 4.42 Å². The zero-order chi connectivity index (χ0) is 31.2. The number of furan rings is 1. The molecule has 7 aromatic carbocycles. The highest BCUT2D eigenvalue weighted by Crippen LogP contribution is 2.40. The van der Waals surface area contributed by atoms with Gasteiger partial charge in [0, 0.05) is 33.0 Å². The van der Waals surface area contributed by atoms with Gasteiger partial charge in [-0.2, -0.15) is 0 Å². The van der Waals surface area contributed by atoms with Crippen molar-refractivity contribution in [1.82, 2.24) is 15.0 Å². The minimum Gasteiger partial charge on any atom is -0.455 e. The van der Waals surface area contributed by atoms with E-state index >= 15 is 0 Å². The van der Waals surface area contributed by atoms with Crippen LogP contribution < -0.4 is 0 Å². The van der Waals surface area contributed by atoms with Crippen LogP contribution in [0.5, 0.6) is 0 Å². The molecule has 0 aliphatic rings. The Hall–Kier alpha value is -6.39. The van der Waals surface area contributed by atoms with Crippen molar-refractivity contribution in [2.45, 2.75) is 0 Å². The molecule has 47 heavy (non-hydrogen) atoms. The molecule has 2 aromatic heterocycles. The molecule has 4 nitrogen and oxygen atoms in total. The zero-order valence-corrected chi connectivity index (χ0v) is 25.3. The Bertz CT molecular complexity index is 2560. The first kappa shape index (κ1) is 27.0. The highest BCUT2D eigenvalue weighted by Gasteiger charge is 2.19. The first-order valence-electron chi connectivity index (χ1n) is 15.7. The van der Waals surface area contributed by atoms with Gasteiger partial charge in [-0.15, -0.1) is 0 Å². The lowest BCUT2D eigenvalue weighted by molar-refractivity contribution is 0.670. The summed E-state index contributed by atoms with van der Waals surface area (Å²) >= 11 is 0. The highest BCUT2D eigenvalue weighted by atomic mass is 16.3. The van der Waals surface area contributed by atoms with Gasteiger partial charge in [-0.05, 0) is 45.7 Å². The minimum absolute atomic E-state index is 0.604. The maximum Gasteiger partial charge on any atom is 0.164 e. The largest absolute Gasteiger partial charge is 0.455 e. The fraction of sp³-hybridized carbons (Fsp3) is 0. The predicted molar refractivity (Wildman–Crippen MR) is 192 cm³/mol. The van der Waals surface area contributed by atoms with Gasteiger partial charge in [-0.25, -0.2) is 15.0 Å². The molecular formula is C43H27N3O. The van der Waals surface area contributed by atoms with Crippen LogP contribution in [-0.4, -0.2) is 15.0 Å². The standard InChI is InChI=1S/C43H27N3O/c1-4-12-28(13-5-1)31-22-23-33-27-34(25-24-32(33)26-31)42-44-41(30-16-8-3-9-17-30)45-43(46-42)37-20-11-21-38-39(37)36-19-10-18-35(40(36)47-38)29-14-6-2-7-15-29/h1-27H. The van der Waals surface area contributed by atoms with Gasteiger partial charge in [0.1, 0.15) is 11.2 Å². The normalized spacial score (nSPS) is 11.4. The van der Waals surface area contributed by atoms with Crippen LogP contribution in [0.15, 0.2) is 168 Å². The molecule has 9 rings (SSSR count). The Kier molecular flexibility index (Phi) is 6.43. The Morgan fingerprint density at radius 1 is 0.362 bits per heavy atom. The van der Waals surface area contributed by atoms with Crippen LogP contribution in [0.3, 0.4) is 0 Å². The van der Waals surface area contributed by atoms with Gasteiger partial charge in [0.2, 0.25) is 0 Å². The first-order valence-corrected chi connectivity index (χ1v) is 15.7. The van der Waals surface area contributed by atoms with E-state index in [0.29, 0.717) is 17.5 Å². The lowest BCUT2D eigenvalue weighted by Gasteiger charge is -2.10. The van der Waals surface area contributed by atoms with Crippen LogP contribution in [0.2, 0.25) is 0 Å². The lowest BCUT2D eigenvalue weighted by atomic mass is 9.99. The summed E-state index contributed by atoms with van der Waals surface area (Å²) < 4.78 is 6.55. The third-order valence-corrected chi connectivity index (χ3v) is 8.72. The van der Waals surface area contributed by atoms with Crippen molar-refractivity contribution in [1.29, 1.82) is 0 Å². The molecule has 0 spiro atoms. The summed E-state index contributed by atoms with van der Waals surface area (Å²) in [6, 6.07) is 56.3. The quantitative estimate of drug-likeness (QED) is 0.197.